The van der Waals surface area contributed by atoms with Gasteiger partial charge in [0.25, 0.3) is 11.8 Å². The number of hydrogen-bond acceptors (Lipinski definition) is 8. The van der Waals surface area contributed by atoms with E-state index in [9.17, 15) is 28.8 Å². The van der Waals surface area contributed by atoms with Gasteiger partial charge in [-0.05, 0) is 48.9 Å². The van der Waals surface area contributed by atoms with Gasteiger partial charge in [0.1, 0.15) is 0 Å². The number of halogens is 6. The largest absolute Gasteiger partial charge is 0.466 e. The van der Waals surface area contributed by atoms with Gasteiger partial charge in [0.2, 0.25) is 0 Å². The summed E-state index contributed by atoms with van der Waals surface area (Å²) in [6.45, 7) is 0.677. The number of carbonyl (C=O) groups excluding carboxylic acids is 6. The topological polar surface area (TPSA) is 158 Å². The number of hydrogen-bond donors (Lipinski definition) is 2. The highest BCUT2D eigenvalue weighted by Gasteiger charge is 2.61. The molecule has 372 valence electrons. The van der Waals surface area contributed by atoms with Crippen LogP contribution in [-0.2, 0) is 52.8 Å². The minimum Gasteiger partial charge on any atom is -0.466 e. The zero-order valence-corrected chi connectivity index (χ0v) is 43.1. The highest BCUT2D eigenvalue weighted by atomic mass is 35.6. The number of rotatable bonds is 8. The van der Waals surface area contributed by atoms with Crippen molar-refractivity contribution in [3.05, 3.63) is 156 Å². The van der Waals surface area contributed by atoms with Crippen molar-refractivity contribution in [1.29, 1.82) is 0 Å². The molecule has 4 heterocycles. The van der Waals surface area contributed by atoms with Crippen LogP contribution in [0.3, 0.4) is 0 Å². The van der Waals surface area contributed by atoms with Crippen molar-refractivity contribution in [3.63, 3.8) is 0 Å². The van der Waals surface area contributed by atoms with Gasteiger partial charge in [0.15, 0.2) is 19.7 Å². The van der Waals surface area contributed by atoms with Crippen LogP contribution < -0.4 is 20.4 Å². The van der Waals surface area contributed by atoms with Gasteiger partial charge >= 0.3 is 24.0 Å². The number of nitrogens with one attached hydrogen (secondary N) is 2. The number of urea groups is 2. The van der Waals surface area contributed by atoms with E-state index in [4.69, 9.17) is 79.1 Å². The molecule has 0 aliphatic carbocycles. The molecule has 14 nitrogen and oxygen atoms in total. The van der Waals surface area contributed by atoms with Crippen molar-refractivity contribution in [2.75, 3.05) is 38.1 Å². The lowest BCUT2D eigenvalue weighted by atomic mass is 9.88. The predicted octanol–water partition coefficient (Wildman–Crippen LogP) is 9.90. The monoisotopic (exact) mass is 1070 g/mol. The molecule has 0 unspecified atom stereocenters. The number of esters is 2. The Morgan fingerprint density at radius 3 is 1.21 bits per heavy atom. The van der Waals surface area contributed by atoms with Crippen LogP contribution >= 0.6 is 69.6 Å². The number of carbonyl (C=O) groups is 6. The Bertz CT molecular complexity index is 2360. The van der Waals surface area contributed by atoms with Gasteiger partial charge in [-0.15, -0.1) is 0 Å². The molecule has 4 aliphatic heterocycles. The number of anilines is 2. The van der Waals surface area contributed by atoms with Crippen molar-refractivity contribution in [1.82, 2.24) is 20.4 Å². The van der Waals surface area contributed by atoms with E-state index in [1.807, 2.05) is 109 Å². The van der Waals surface area contributed by atoms with Crippen LogP contribution in [0, 0.1) is 0 Å². The molecule has 2 spiro atoms. The van der Waals surface area contributed by atoms with Gasteiger partial charge in [-0.25, -0.2) is 19.2 Å². The smallest absolute Gasteiger partial charge is 0.330 e. The maximum Gasteiger partial charge on any atom is 0.330 e. The Morgan fingerprint density at radius 1 is 0.571 bits per heavy atom. The molecule has 20 heteroatoms. The lowest BCUT2D eigenvalue weighted by Gasteiger charge is -2.36. The number of benzene rings is 4. The zero-order chi connectivity index (χ0) is 51.2. The highest BCUT2D eigenvalue weighted by Crippen LogP contribution is 2.53. The van der Waals surface area contributed by atoms with Crippen molar-refractivity contribution in [2.45, 2.75) is 70.5 Å². The first-order valence-corrected chi connectivity index (χ1v) is 24.4. The van der Waals surface area contributed by atoms with Crippen LogP contribution in [0.2, 0.25) is 0 Å². The summed E-state index contributed by atoms with van der Waals surface area (Å²) in [7, 11) is 6.07. The summed E-state index contributed by atoms with van der Waals surface area (Å²) >= 11 is 28.8. The molecule has 8 rings (SSSR count). The van der Waals surface area contributed by atoms with E-state index in [-0.39, 0.29) is 23.9 Å². The van der Waals surface area contributed by atoms with E-state index in [2.05, 4.69) is 10.6 Å². The Morgan fingerprint density at radius 2 is 0.886 bits per heavy atom. The average molecular weight is 1080 g/mol. The summed E-state index contributed by atoms with van der Waals surface area (Å²) in [5.41, 5.74) is 2.94. The molecular weight excluding hydrogens is 1030 g/mol. The summed E-state index contributed by atoms with van der Waals surface area (Å²) < 4.78 is 7.91. The molecule has 0 aromatic heterocycles. The number of methoxy groups -OCH3 is 2. The van der Waals surface area contributed by atoms with Crippen LogP contribution in [0.4, 0.5) is 21.0 Å². The molecule has 0 bridgehead atoms. The third kappa shape index (κ3) is 12.7. The molecule has 2 N–H and O–H groups in total. The van der Waals surface area contributed by atoms with E-state index in [0.717, 1.165) is 33.6 Å². The quantitative estimate of drug-likeness (QED) is 0.100. The van der Waals surface area contributed by atoms with Gasteiger partial charge in [0, 0.05) is 61.8 Å². The lowest BCUT2D eigenvalue weighted by Crippen LogP contribution is -2.56. The predicted molar refractivity (Wildman–Crippen MR) is 275 cm³/mol. The second kappa shape index (κ2) is 25.6. The fraction of sp³-hybridized carbons (Fsp3) is 0.320. The summed E-state index contributed by atoms with van der Waals surface area (Å²) in [5.74, 6) is -1.28. The molecule has 4 aromatic rings. The van der Waals surface area contributed by atoms with Gasteiger partial charge in [0.05, 0.1) is 26.3 Å². The number of alkyl halides is 6. The van der Waals surface area contributed by atoms with Crippen molar-refractivity contribution >= 4 is 117 Å². The number of likely N-dealkylation sites (tertiary alicyclic amines) is 2. The van der Waals surface area contributed by atoms with Gasteiger partial charge < -0.3 is 29.9 Å². The molecular formula is C50H52Cl6N6O8. The van der Waals surface area contributed by atoms with Crippen LogP contribution in [-0.4, -0.2) is 94.6 Å². The van der Waals surface area contributed by atoms with Gasteiger partial charge in [-0.1, -0.05) is 179 Å². The van der Waals surface area contributed by atoms with Crippen LogP contribution in [0.15, 0.2) is 133 Å². The summed E-state index contributed by atoms with van der Waals surface area (Å²) in [6.07, 6.45) is 7.99. The molecule has 2 saturated heterocycles. The fourth-order valence-corrected chi connectivity index (χ4v) is 9.21. The van der Waals surface area contributed by atoms with Crippen LogP contribution in [0.25, 0.3) is 0 Å². The number of likely N-dealkylation sites (N-methyl/N-ethyl adjacent to an activating group) is 2. The van der Waals surface area contributed by atoms with Crippen molar-refractivity contribution < 1.29 is 38.2 Å². The number of ether oxygens (including phenoxy) is 2. The molecule has 4 aliphatic rings. The molecule has 2 fully saturated rings. The molecule has 6 amide bonds. The van der Waals surface area contributed by atoms with Crippen molar-refractivity contribution in [3.8, 4) is 0 Å². The van der Waals surface area contributed by atoms with E-state index >= 15 is 0 Å². The Hall–Kier alpha value is -5.48. The van der Waals surface area contributed by atoms with Crippen LogP contribution in [0.1, 0.15) is 47.9 Å². The molecule has 0 saturated carbocycles. The van der Waals surface area contributed by atoms with E-state index in [0.29, 0.717) is 38.8 Å². The number of amides is 6. The number of fused-ring (bicyclic) bond motifs is 4. The highest BCUT2D eigenvalue weighted by molar-refractivity contribution is 6.63. The second-order valence-electron chi connectivity index (χ2n) is 16.0. The Kier molecular flexibility index (Phi) is 20.3. The first-order valence-electron chi connectivity index (χ1n) is 21.8. The molecule has 4 aromatic carbocycles. The fourth-order valence-electron chi connectivity index (χ4n) is 9.21. The first kappa shape index (κ1) is 55.4. The average Bonchev–Trinajstić information content (AvgIpc) is 4.06. The van der Waals surface area contributed by atoms with Crippen LogP contribution in [0.5, 0.6) is 0 Å². The maximum atomic E-state index is 13.5. The zero-order valence-electron chi connectivity index (χ0n) is 38.6. The number of nitrogens with zero attached hydrogens (tertiary/aromatic N) is 4. The summed E-state index contributed by atoms with van der Waals surface area (Å²) in [4.78, 5) is 83.7. The normalized spacial score (nSPS) is 20.7. The van der Waals surface area contributed by atoms with E-state index < -0.39 is 43.7 Å². The van der Waals surface area contributed by atoms with E-state index in [1.54, 1.807) is 45.8 Å². The lowest BCUT2D eigenvalue weighted by molar-refractivity contribution is -0.135. The van der Waals surface area contributed by atoms with E-state index in [1.165, 1.54) is 26.4 Å². The minimum absolute atomic E-state index is 0.141. The Labute approximate surface area is 437 Å². The van der Waals surface area contributed by atoms with Crippen molar-refractivity contribution in [2.24, 2.45) is 0 Å². The first-order chi connectivity index (χ1) is 33.4. The molecule has 70 heavy (non-hydrogen) atoms. The number of para-hydroxylation sites is 2. The van der Waals surface area contributed by atoms with Gasteiger partial charge in [-0.3, -0.25) is 19.4 Å². The minimum atomic E-state index is -1.10. The maximum absolute atomic E-state index is 13.5. The Balaban J connectivity index is 0.000000226. The third-order valence-electron chi connectivity index (χ3n) is 12.2. The second-order valence-corrected chi connectivity index (χ2v) is 19.9. The van der Waals surface area contributed by atoms with Gasteiger partial charge in [-0.2, -0.15) is 0 Å². The standard InChI is InChI=1S/2C24H25N3O4.2CHCl3/c2*1-26-20-11-7-6-10-19(20)24(22(26)29)15-14-18(12-13-21(28)31-2)27(24)23(30)25-16-17-8-4-3-5-9-17;2*2-1(3)4/h2*3-13,18H,14-16H2,1-2H3,(H,25,30);2*1H/b2*13-12+;;/t2*18-,24+;;/m10../s1. The summed E-state index contributed by atoms with van der Waals surface area (Å²) in [5, 5.41) is 5.91. The molecule has 0 radical (unpaired) electrons. The summed E-state index contributed by atoms with van der Waals surface area (Å²) in [6, 6.07) is 32.8. The molecule has 4 atom stereocenters. The third-order valence-corrected chi connectivity index (χ3v) is 12.2. The SMILES string of the molecule is COC(=O)/C=C/[C@@H]1CC[C@]2(C(=O)N(C)c3ccccc32)N1C(=O)NCc1ccccc1.COC(=O)/C=C/[C@H]1CC[C@@]2(C(=O)N(C)c3ccccc32)N1C(=O)NCc1ccccc1.ClC(Cl)Cl.ClC(Cl)Cl.